The zero-order valence-electron chi connectivity index (χ0n) is 8.35. The third-order valence-corrected chi connectivity index (χ3v) is 2.56. The number of hydrogen-bond donors (Lipinski definition) is 1. The fourth-order valence-electron chi connectivity index (χ4n) is 1.08. The van der Waals surface area contributed by atoms with Gasteiger partial charge in [-0.2, -0.15) is 4.98 Å². The van der Waals surface area contributed by atoms with Crippen LogP contribution in [-0.4, -0.2) is 21.0 Å². The van der Waals surface area contributed by atoms with Gasteiger partial charge in [-0.05, 0) is 6.07 Å². The van der Waals surface area contributed by atoms with Crippen molar-refractivity contribution in [1.82, 2.24) is 20.4 Å². The lowest BCUT2D eigenvalue weighted by molar-refractivity contribution is 0.0949. The van der Waals surface area contributed by atoms with E-state index in [2.05, 4.69) is 25.0 Å². The molecular formula is C9H6Cl2N4O2. The number of hydrogen-bond acceptors (Lipinski definition) is 5. The molecule has 1 N–H and O–H groups in total. The van der Waals surface area contributed by atoms with Gasteiger partial charge in [-0.25, -0.2) is 4.98 Å². The van der Waals surface area contributed by atoms with Gasteiger partial charge in [0.25, 0.3) is 5.91 Å². The van der Waals surface area contributed by atoms with Gasteiger partial charge in [0, 0.05) is 6.20 Å². The second-order valence-electron chi connectivity index (χ2n) is 3.03. The predicted octanol–water partition coefficient (Wildman–Crippen LogP) is 1.70. The molecule has 0 unspecified atom stereocenters. The Morgan fingerprint density at radius 1 is 1.41 bits per heavy atom. The minimum Gasteiger partial charge on any atom is -0.345 e. The number of halogens is 2. The monoisotopic (exact) mass is 272 g/mol. The van der Waals surface area contributed by atoms with Crippen molar-refractivity contribution in [3.63, 3.8) is 0 Å². The Kier molecular flexibility index (Phi) is 3.55. The molecule has 2 aromatic heterocycles. The molecule has 0 aliphatic heterocycles. The van der Waals surface area contributed by atoms with Crippen LogP contribution in [-0.2, 0) is 6.54 Å². The van der Waals surface area contributed by atoms with Gasteiger partial charge in [-0.15, -0.1) is 0 Å². The van der Waals surface area contributed by atoms with E-state index in [4.69, 9.17) is 23.2 Å². The number of amides is 1. The topological polar surface area (TPSA) is 80.9 Å². The molecule has 0 bridgehead atoms. The smallest absolute Gasteiger partial charge is 0.253 e. The average Bonchev–Trinajstić information content (AvgIpc) is 2.82. The summed E-state index contributed by atoms with van der Waals surface area (Å²) >= 11 is 11.4. The minimum atomic E-state index is -0.346. The van der Waals surface area contributed by atoms with Crippen LogP contribution >= 0.6 is 23.2 Å². The molecule has 0 aliphatic rings. The Hall–Kier alpha value is -1.66. The van der Waals surface area contributed by atoms with Gasteiger partial charge < -0.3 is 9.84 Å². The maximum absolute atomic E-state index is 11.7. The summed E-state index contributed by atoms with van der Waals surface area (Å²) in [5.41, 5.74) is 0.308. The highest BCUT2D eigenvalue weighted by Gasteiger charge is 2.09. The Balaban J connectivity index is 2.02. The van der Waals surface area contributed by atoms with E-state index >= 15 is 0 Å². The van der Waals surface area contributed by atoms with Crippen LogP contribution in [0, 0.1) is 0 Å². The third-order valence-electron chi connectivity index (χ3n) is 1.87. The summed E-state index contributed by atoms with van der Waals surface area (Å²) in [5, 5.41) is 6.51. The number of aromatic nitrogens is 3. The molecule has 0 fully saturated rings. The molecule has 0 saturated carbocycles. The number of nitrogens with zero attached hydrogens (tertiary/aromatic N) is 3. The molecule has 1 amide bonds. The van der Waals surface area contributed by atoms with Crippen molar-refractivity contribution in [2.45, 2.75) is 6.54 Å². The molecule has 6 nitrogen and oxygen atoms in total. The number of pyridine rings is 1. The number of rotatable bonds is 3. The number of nitrogens with one attached hydrogen (secondary N) is 1. The Morgan fingerprint density at radius 3 is 2.88 bits per heavy atom. The molecule has 88 valence electrons. The fraction of sp³-hybridized carbons (Fsp3) is 0.111. The first-order valence-corrected chi connectivity index (χ1v) is 5.27. The van der Waals surface area contributed by atoms with Gasteiger partial charge in [0.15, 0.2) is 5.82 Å². The van der Waals surface area contributed by atoms with Crippen LogP contribution in [0.1, 0.15) is 16.2 Å². The summed E-state index contributed by atoms with van der Waals surface area (Å²) in [5.74, 6) is 0.0345. The van der Waals surface area contributed by atoms with Crippen LogP contribution < -0.4 is 5.32 Å². The van der Waals surface area contributed by atoms with Crippen LogP contribution in [0.25, 0.3) is 0 Å². The van der Waals surface area contributed by atoms with Gasteiger partial charge in [-0.1, -0.05) is 28.4 Å². The summed E-state index contributed by atoms with van der Waals surface area (Å²) in [4.78, 5) is 19.2. The maximum Gasteiger partial charge on any atom is 0.253 e. The molecule has 17 heavy (non-hydrogen) atoms. The minimum absolute atomic E-state index is 0.154. The number of carbonyl (C=O) groups excluding carboxylic acids is 1. The van der Waals surface area contributed by atoms with Gasteiger partial charge in [0.05, 0.1) is 17.1 Å². The van der Waals surface area contributed by atoms with Crippen LogP contribution in [0.4, 0.5) is 0 Å². The van der Waals surface area contributed by atoms with Crippen LogP contribution in [0.5, 0.6) is 0 Å². The molecule has 0 aliphatic carbocycles. The molecule has 8 heteroatoms. The standard InChI is InChI=1S/C9H6Cl2N4O2/c10-6-1-5(2-12-8(6)11)9(16)13-3-7-14-4-17-15-7/h1-2,4H,3H2,(H,13,16). The van der Waals surface area contributed by atoms with Crippen molar-refractivity contribution in [3.05, 3.63) is 40.2 Å². The first kappa shape index (κ1) is 11.8. The summed E-state index contributed by atoms with van der Waals surface area (Å²) in [6.07, 6.45) is 2.52. The van der Waals surface area contributed by atoms with E-state index in [1.807, 2.05) is 0 Å². The van der Waals surface area contributed by atoms with Gasteiger partial charge in [0.1, 0.15) is 5.15 Å². The van der Waals surface area contributed by atoms with Crippen molar-refractivity contribution < 1.29 is 9.32 Å². The Labute approximate surface area is 106 Å². The van der Waals surface area contributed by atoms with Crippen LogP contribution in [0.15, 0.2) is 23.2 Å². The largest absolute Gasteiger partial charge is 0.345 e. The predicted molar refractivity (Wildman–Crippen MR) is 59.7 cm³/mol. The van der Waals surface area contributed by atoms with Crippen molar-refractivity contribution in [2.75, 3.05) is 0 Å². The van der Waals surface area contributed by atoms with E-state index in [9.17, 15) is 4.79 Å². The molecule has 0 aromatic carbocycles. The quantitative estimate of drug-likeness (QED) is 0.861. The molecule has 0 radical (unpaired) electrons. The second-order valence-corrected chi connectivity index (χ2v) is 3.79. The van der Waals surface area contributed by atoms with Gasteiger partial charge in [0.2, 0.25) is 6.39 Å². The highest BCUT2D eigenvalue weighted by Crippen LogP contribution is 2.19. The molecule has 2 aromatic rings. The Morgan fingerprint density at radius 2 is 2.24 bits per heavy atom. The van der Waals surface area contributed by atoms with Crippen molar-refractivity contribution in [1.29, 1.82) is 0 Å². The fourth-order valence-corrected chi connectivity index (χ4v) is 1.35. The molecule has 2 rings (SSSR count). The normalized spacial score (nSPS) is 10.2. The van der Waals surface area contributed by atoms with E-state index in [0.717, 1.165) is 0 Å². The van der Waals surface area contributed by atoms with E-state index in [1.165, 1.54) is 18.7 Å². The molecule has 0 spiro atoms. The Bertz CT molecular complexity index is 530. The summed E-state index contributed by atoms with van der Waals surface area (Å²) in [6.45, 7) is 0.162. The lowest BCUT2D eigenvalue weighted by atomic mass is 10.2. The zero-order valence-corrected chi connectivity index (χ0v) is 9.87. The summed E-state index contributed by atoms with van der Waals surface area (Å²) in [7, 11) is 0. The lowest BCUT2D eigenvalue weighted by Gasteiger charge is -2.03. The van der Waals surface area contributed by atoms with Crippen LogP contribution in [0.2, 0.25) is 10.2 Å². The van der Waals surface area contributed by atoms with Crippen molar-refractivity contribution >= 4 is 29.1 Å². The average molecular weight is 273 g/mol. The first-order chi connectivity index (χ1) is 8.16. The maximum atomic E-state index is 11.7. The second kappa shape index (κ2) is 5.11. The third kappa shape index (κ3) is 2.92. The molecular weight excluding hydrogens is 267 g/mol. The molecule has 0 saturated heterocycles. The van der Waals surface area contributed by atoms with Crippen molar-refractivity contribution in [3.8, 4) is 0 Å². The first-order valence-electron chi connectivity index (χ1n) is 4.51. The highest BCUT2D eigenvalue weighted by molar-refractivity contribution is 6.41. The van der Waals surface area contributed by atoms with E-state index < -0.39 is 0 Å². The van der Waals surface area contributed by atoms with E-state index in [1.54, 1.807) is 0 Å². The van der Waals surface area contributed by atoms with Crippen LogP contribution in [0.3, 0.4) is 0 Å². The van der Waals surface area contributed by atoms with Gasteiger partial charge >= 0.3 is 0 Å². The molecule has 2 heterocycles. The van der Waals surface area contributed by atoms with Crippen molar-refractivity contribution in [2.24, 2.45) is 0 Å². The van der Waals surface area contributed by atoms with E-state index in [0.29, 0.717) is 11.4 Å². The summed E-state index contributed by atoms with van der Waals surface area (Å²) in [6, 6.07) is 1.43. The lowest BCUT2D eigenvalue weighted by Crippen LogP contribution is -2.23. The number of carbonyl (C=O) groups is 1. The van der Waals surface area contributed by atoms with Gasteiger partial charge in [-0.3, -0.25) is 4.79 Å². The molecule has 0 atom stereocenters. The highest BCUT2D eigenvalue weighted by atomic mass is 35.5. The van der Waals surface area contributed by atoms with E-state index in [-0.39, 0.29) is 22.6 Å². The summed E-state index contributed by atoms with van der Waals surface area (Å²) < 4.78 is 4.52. The SMILES string of the molecule is O=C(NCc1ncon1)c1cnc(Cl)c(Cl)c1. The zero-order chi connectivity index (χ0) is 12.3.